The molecule has 2 saturated heterocycles. The van der Waals surface area contributed by atoms with Crippen LogP contribution in [0.5, 0.6) is 0 Å². The molecule has 1 aromatic heterocycles. The van der Waals surface area contributed by atoms with Crippen LogP contribution < -0.4 is 25.0 Å². The second-order valence-corrected chi connectivity index (χ2v) is 16.8. The van der Waals surface area contributed by atoms with Gasteiger partial charge in [0.05, 0.1) is 12.2 Å². The third-order valence-corrected chi connectivity index (χ3v) is 12.1. The molecule has 316 valence electrons. The van der Waals surface area contributed by atoms with Gasteiger partial charge in [-0.15, -0.1) is 0 Å². The zero-order chi connectivity index (χ0) is 42.9. The molecule has 2 fully saturated rings. The summed E-state index contributed by atoms with van der Waals surface area (Å²) in [4.78, 5) is 57.3. The number of hydrogen-bond acceptors (Lipinski definition) is 11. The number of carboxylic acids is 2. The molecule has 3 heterocycles. The van der Waals surface area contributed by atoms with Crippen molar-refractivity contribution in [1.29, 1.82) is 0 Å². The van der Waals surface area contributed by atoms with E-state index in [2.05, 4.69) is 32.0 Å². The number of carboxylic acid groups (broad SMARTS) is 2. The largest absolute Gasteiger partial charge is 0.480 e. The number of aliphatic hydroxyl groups is 2. The fraction of sp³-hybridized carbons (Fsp3) is 0.318. The third kappa shape index (κ3) is 14.9. The van der Waals surface area contributed by atoms with Crippen molar-refractivity contribution in [3.8, 4) is 0 Å². The predicted molar refractivity (Wildman–Crippen MR) is 239 cm³/mol. The summed E-state index contributed by atoms with van der Waals surface area (Å²) in [6, 6.07) is 17.3. The van der Waals surface area contributed by atoms with Gasteiger partial charge >= 0.3 is 11.9 Å². The SMILES string of the molecule is C=CC(/C=C/c1ccc(N2CCC(O)C2)cc1)=C\C=NCC(=O)NC(CSSCC(NC(=O)C[n+]1ccc(/C=C/c2ccc(N3CCC(O)C3)cc2)cc1)C(=O)O)C(=O)O. The second kappa shape index (κ2) is 23.2. The standard InChI is InChI=1S/C44H50N6O8S2/c1-2-31(3-4-32-7-11-35(12-8-32)49-23-18-37(51)26-49)15-20-45-25-41(53)46-39(43(55)56)29-59-60-30-40(44(57)58)47-42(54)28-48-21-16-34(17-22-48)6-5-33-9-13-36(14-10-33)50-24-19-38(52)27-50/h2-17,20-22,37-40,51-52H,1,18-19,23-30H2,(H3-,46,47,53,54,55,56,57,58)/p+1/b4-3+,31-15+,45-20?. The van der Waals surface area contributed by atoms with E-state index in [1.54, 1.807) is 29.1 Å². The maximum absolute atomic E-state index is 12.7. The van der Waals surface area contributed by atoms with Crippen molar-refractivity contribution in [2.24, 2.45) is 4.99 Å². The average Bonchev–Trinajstić information content (AvgIpc) is 3.89. The topological polar surface area (TPSA) is 196 Å². The molecule has 0 radical (unpaired) electrons. The molecule has 2 aromatic carbocycles. The van der Waals surface area contributed by atoms with Crippen LogP contribution in [-0.2, 0) is 25.7 Å². The quantitative estimate of drug-likeness (QED) is 0.0300. The van der Waals surface area contributed by atoms with E-state index in [9.17, 15) is 39.6 Å². The lowest BCUT2D eigenvalue weighted by atomic mass is 10.1. The van der Waals surface area contributed by atoms with Crippen LogP contribution in [0.25, 0.3) is 18.2 Å². The lowest BCUT2D eigenvalue weighted by molar-refractivity contribution is -0.684. The summed E-state index contributed by atoms with van der Waals surface area (Å²) >= 11 is 0. The maximum atomic E-state index is 12.7. The molecule has 60 heavy (non-hydrogen) atoms. The molecule has 0 bridgehead atoms. The molecule has 0 aliphatic carbocycles. The molecule has 2 aliphatic heterocycles. The molecule has 5 rings (SSSR count). The Bertz CT molecular complexity index is 2060. The molecule has 2 amide bonds. The predicted octanol–water partition coefficient (Wildman–Crippen LogP) is 3.70. The highest BCUT2D eigenvalue weighted by Gasteiger charge is 2.25. The van der Waals surface area contributed by atoms with E-state index < -0.39 is 35.8 Å². The summed E-state index contributed by atoms with van der Waals surface area (Å²) < 4.78 is 1.63. The van der Waals surface area contributed by atoms with Gasteiger partial charge in [-0.25, -0.2) is 9.59 Å². The van der Waals surface area contributed by atoms with Gasteiger partial charge in [-0.1, -0.05) is 82.8 Å². The van der Waals surface area contributed by atoms with Crippen molar-refractivity contribution in [3.05, 3.63) is 120 Å². The number of benzene rings is 2. The second-order valence-electron chi connectivity index (χ2n) is 14.3. The van der Waals surface area contributed by atoms with Crippen LogP contribution in [0.4, 0.5) is 11.4 Å². The fourth-order valence-corrected chi connectivity index (χ4v) is 8.62. The minimum Gasteiger partial charge on any atom is -0.480 e. The van der Waals surface area contributed by atoms with Crippen molar-refractivity contribution in [2.45, 2.75) is 43.7 Å². The molecular weight excluding hydrogens is 805 g/mol. The molecule has 14 nitrogen and oxygen atoms in total. The van der Waals surface area contributed by atoms with E-state index >= 15 is 0 Å². The van der Waals surface area contributed by atoms with Gasteiger partial charge in [-0.05, 0) is 65.4 Å². The van der Waals surface area contributed by atoms with E-state index in [0.29, 0.717) is 13.1 Å². The number of aromatic nitrogens is 1. The summed E-state index contributed by atoms with van der Waals surface area (Å²) in [5.74, 6) is -3.66. The number of carbonyl (C=O) groups is 4. The zero-order valence-electron chi connectivity index (χ0n) is 33.1. The number of anilines is 2. The minimum atomic E-state index is -1.25. The average molecular weight is 856 g/mol. The van der Waals surface area contributed by atoms with Crippen LogP contribution in [0.15, 0.2) is 108 Å². The Hall–Kier alpha value is -5.68. The molecule has 4 unspecified atom stereocenters. The van der Waals surface area contributed by atoms with Crippen LogP contribution in [0, 0.1) is 0 Å². The van der Waals surface area contributed by atoms with E-state index in [-0.39, 0.29) is 36.8 Å². The van der Waals surface area contributed by atoms with E-state index in [4.69, 9.17) is 0 Å². The van der Waals surface area contributed by atoms with Crippen LogP contribution in [0.3, 0.4) is 0 Å². The number of amides is 2. The summed E-state index contributed by atoms with van der Waals surface area (Å²) in [5.41, 5.74) is 5.79. The first kappa shape index (κ1) is 45.4. The van der Waals surface area contributed by atoms with Gasteiger partial charge in [0.2, 0.25) is 12.5 Å². The van der Waals surface area contributed by atoms with E-state index in [1.807, 2.05) is 85.0 Å². The van der Waals surface area contributed by atoms with E-state index in [0.717, 1.165) is 81.2 Å². The Morgan fingerprint density at radius 2 is 1.23 bits per heavy atom. The van der Waals surface area contributed by atoms with Crippen LogP contribution in [0.1, 0.15) is 29.5 Å². The molecule has 3 aromatic rings. The number of aliphatic imine (C=N–C) groups is 1. The van der Waals surface area contributed by atoms with Crippen molar-refractivity contribution in [1.82, 2.24) is 10.6 Å². The summed E-state index contributed by atoms with van der Waals surface area (Å²) in [7, 11) is 2.14. The van der Waals surface area contributed by atoms with Gasteiger partial charge in [0.15, 0.2) is 12.4 Å². The van der Waals surface area contributed by atoms with Crippen molar-refractivity contribution in [3.63, 3.8) is 0 Å². The number of allylic oxidation sites excluding steroid dienone is 4. The van der Waals surface area contributed by atoms with Gasteiger partial charge in [0.25, 0.3) is 5.91 Å². The van der Waals surface area contributed by atoms with Gasteiger partial charge < -0.3 is 40.9 Å². The number of nitrogens with zero attached hydrogens (tertiary/aromatic N) is 4. The first-order chi connectivity index (χ1) is 28.9. The summed E-state index contributed by atoms with van der Waals surface area (Å²) in [6.07, 6.45) is 16.9. The fourth-order valence-electron chi connectivity index (χ4n) is 6.31. The number of rotatable bonds is 21. The van der Waals surface area contributed by atoms with Crippen molar-refractivity contribution >= 4 is 81.2 Å². The molecular formula is C44H51N6O8S2+. The summed E-state index contributed by atoms with van der Waals surface area (Å²) in [6.45, 7) is 6.35. The number of carbonyl (C=O) groups excluding carboxylic acids is 2. The maximum Gasteiger partial charge on any atom is 0.327 e. The summed E-state index contributed by atoms with van der Waals surface area (Å²) in [5, 5.41) is 43.9. The number of hydrogen-bond donors (Lipinski definition) is 6. The molecule has 0 saturated carbocycles. The Morgan fingerprint density at radius 1 is 0.750 bits per heavy atom. The Labute approximate surface area is 357 Å². The Kier molecular flexibility index (Phi) is 17.6. The lowest BCUT2D eigenvalue weighted by Gasteiger charge is -2.17. The van der Waals surface area contributed by atoms with Gasteiger partial charge in [-0.3, -0.25) is 14.6 Å². The number of aliphatic hydroxyl groups excluding tert-OH is 2. The smallest absolute Gasteiger partial charge is 0.327 e. The van der Waals surface area contributed by atoms with Crippen LogP contribution in [0.2, 0.25) is 0 Å². The minimum absolute atomic E-state index is 0.0347. The van der Waals surface area contributed by atoms with E-state index in [1.165, 1.54) is 6.21 Å². The van der Waals surface area contributed by atoms with Crippen LogP contribution in [-0.4, -0.2) is 119 Å². The van der Waals surface area contributed by atoms with Crippen molar-refractivity contribution < 1.29 is 44.2 Å². The number of pyridine rings is 1. The van der Waals surface area contributed by atoms with Gasteiger partial charge in [0, 0.05) is 67.4 Å². The highest BCUT2D eigenvalue weighted by Crippen LogP contribution is 2.24. The van der Waals surface area contributed by atoms with Gasteiger partial charge in [-0.2, -0.15) is 4.57 Å². The zero-order valence-corrected chi connectivity index (χ0v) is 34.7. The lowest BCUT2D eigenvalue weighted by Crippen LogP contribution is -2.49. The molecule has 6 N–H and O–H groups in total. The molecule has 0 spiro atoms. The first-order valence-electron chi connectivity index (χ1n) is 19.5. The Balaban J connectivity index is 0.994. The molecule has 2 aliphatic rings. The molecule has 16 heteroatoms. The first-order valence-corrected chi connectivity index (χ1v) is 22.0. The highest BCUT2D eigenvalue weighted by molar-refractivity contribution is 8.76. The molecule has 4 atom stereocenters. The monoisotopic (exact) mass is 855 g/mol. The Morgan fingerprint density at radius 3 is 1.70 bits per heavy atom. The number of β-amino-alcohol motifs (C(OH)–C–C–N with tert-alkyl or cyclic N) is 2. The van der Waals surface area contributed by atoms with Crippen LogP contribution >= 0.6 is 21.6 Å². The highest BCUT2D eigenvalue weighted by atomic mass is 33.1. The normalized spacial score (nSPS) is 18.0. The number of aliphatic carboxylic acids is 2. The van der Waals surface area contributed by atoms with Crippen molar-refractivity contribution in [2.75, 3.05) is 54.0 Å². The van der Waals surface area contributed by atoms with Gasteiger partial charge in [0.1, 0.15) is 18.6 Å². The number of nitrogens with one attached hydrogen (secondary N) is 2. The third-order valence-electron chi connectivity index (χ3n) is 9.69.